The second-order valence-electron chi connectivity index (χ2n) is 7.73. The predicted molar refractivity (Wildman–Crippen MR) is 116 cm³/mol. The fourth-order valence-electron chi connectivity index (χ4n) is 4.05. The van der Waals surface area contributed by atoms with Gasteiger partial charge in [-0.25, -0.2) is 0 Å². The van der Waals surface area contributed by atoms with Crippen LogP contribution in [0.1, 0.15) is 22.6 Å². The largest absolute Gasteiger partial charge is 0.361 e. The molecule has 29 heavy (non-hydrogen) atoms. The molecule has 0 amide bonds. The number of nitrogens with zero attached hydrogens (tertiary/aromatic N) is 4. The molecule has 1 aliphatic rings. The summed E-state index contributed by atoms with van der Waals surface area (Å²) in [6.07, 6.45) is 3.10. The normalized spacial score (nSPS) is 16.0. The molecule has 2 aromatic heterocycles. The minimum absolute atomic E-state index is 0.844. The fourth-order valence-corrected chi connectivity index (χ4v) is 4.05. The van der Waals surface area contributed by atoms with Crippen molar-refractivity contribution in [1.29, 1.82) is 0 Å². The lowest BCUT2D eigenvalue weighted by Crippen LogP contribution is -2.52. The van der Waals surface area contributed by atoms with Gasteiger partial charge >= 0.3 is 0 Å². The zero-order chi connectivity index (χ0) is 20.2. The van der Waals surface area contributed by atoms with Gasteiger partial charge in [-0.15, -0.1) is 0 Å². The highest BCUT2D eigenvalue weighted by molar-refractivity contribution is 5.86. The number of aliphatic imine (C=N–C) groups is 1. The molecule has 7 nitrogen and oxygen atoms in total. The van der Waals surface area contributed by atoms with Gasteiger partial charge in [0.2, 0.25) is 0 Å². The molecule has 2 N–H and O–H groups in total. The monoisotopic (exact) mass is 394 g/mol. The molecule has 0 aliphatic carbocycles. The molecule has 0 spiro atoms. The van der Waals surface area contributed by atoms with E-state index < -0.39 is 0 Å². The quantitative estimate of drug-likeness (QED) is 0.514. The van der Waals surface area contributed by atoms with Crippen LogP contribution in [0.3, 0.4) is 0 Å². The van der Waals surface area contributed by atoms with Crippen LogP contribution >= 0.6 is 0 Å². The van der Waals surface area contributed by atoms with Crippen molar-refractivity contribution in [3.63, 3.8) is 0 Å². The molecule has 3 heterocycles. The van der Waals surface area contributed by atoms with Gasteiger partial charge in [-0.3, -0.25) is 9.89 Å². The van der Waals surface area contributed by atoms with E-state index in [0.717, 1.165) is 63.1 Å². The Morgan fingerprint density at radius 1 is 1.24 bits per heavy atom. The summed E-state index contributed by atoms with van der Waals surface area (Å²) in [7, 11) is 1.86. The molecular weight excluding hydrogens is 364 g/mol. The number of hydrogen-bond donors (Lipinski definition) is 2. The van der Waals surface area contributed by atoms with E-state index >= 15 is 0 Å². The predicted octanol–water partition coefficient (Wildman–Crippen LogP) is 2.71. The van der Waals surface area contributed by atoms with Crippen LogP contribution in [0, 0.1) is 13.8 Å². The summed E-state index contributed by atoms with van der Waals surface area (Å²) in [5.41, 5.74) is 4.88. The number of para-hydroxylation sites is 1. The summed E-state index contributed by atoms with van der Waals surface area (Å²) in [4.78, 5) is 12.7. The summed E-state index contributed by atoms with van der Waals surface area (Å²) < 4.78 is 5.17. The first-order valence-corrected chi connectivity index (χ1v) is 10.3. The molecule has 154 valence electrons. The number of benzene rings is 1. The third-order valence-corrected chi connectivity index (χ3v) is 5.63. The Morgan fingerprint density at radius 3 is 2.79 bits per heavy atom. The van der Waals surface area contributed by atoms with E-state index in [-0.39, 0.29) is 0 Å². The summed E-state index contributed by atoms with van der Waals surface area (Å²) >= 11 is 0. The van der Waals surface area contributed by atoms with Crippen LogP contribution < -0.4 is 5.32 Å². The lowest BCUT2D eigenvalue weighted by molar-refractivity contribution is 0.169. The summed E-state index contributed by atoms with van der Waals surface area (Å²) in [5.74, 6) is 1.85. The molecule has 1 aromatic carbocycles. The maximum atomic E-state index is 5.17. The van der Waals surface area contributed by atoms with Gasteiger partial charge in [0, 0.05) is 69.5 Å². The highest BCUT2D eigenvalue weighted by Gasteiger charge is 2.20. The van der Waals surface area contributed by atoms with Crippen LogP contribution in [0.5, 0.6) is 0 Å². The molecule has 1 aliphatic heterocycles. The van der Waals surface area contributed by atoms with E-state index in [1.165, 1.54) is 22.0 Å². The number of aromatic nitrogens is 2. The Kier molecular flexibility index (Phi) is 5.85. The smallest absolute Gasteiger partial charge is 0.193 e. The fraction of sp³-hybridized carbons (Fsp3) is 0.455. The number of guanidine groups is 1. The molecule has 0 atom stereocenters. The second kappa shape index (κ2) is 8.69. The van der Waals surface area contributed by atoms with Crippen LogP contribution in [0.2, 0.25) is 0 Å². The third kappa shape index (κ3) is 4.45. The van der Waals surface area contributed by atoms with Gasteiger partial charge < -0.3 is 19.7 Å². The molecule has 0 unspecified atom stereocenters. The Bertz CT molecular complexity index is 980. The number of aromatic amines is 1. The SMILES string of the molecule is CN=C(NCCc1c[nH]c2c(C)cccc12)N1CCN(Cc2cc(C)on2)CC1. The highest BCUT2D eigenvalue weighted by atomic mass is 16.5. The number of hydrogen-bond acceptors (Lipinski definition) is 4. The van der Waals surface area contributed by atoms with Crippen LogP contribution in [0.25, 0.3) is 10.9 Å². The topological polar surface area (TPSA) is 72.7 Å². The molecule has 3 aromatic rings. The van der Waals surface area contributed by atoms with Gasteiger partial charge in [-0.2, -0.15) is 0 Å². The van der Waals surface area contributed by atoms with Crippen LogP contribution in [0.4, 0.5) is 0 Å². The minimum Gasteiger partial charge on any atom is -0.361 e. The first-order chi connectivity index (χ1) is 14.1. The van der Waals surface area contributed by atoms with Crippen molar-refractivity contribution in [3.8, 4) is 0 Å². The number of aryl methyl sites for hydroxylation is 2. The van der Waals surface area contributed by atoms with Crippen molar-refractivity contribution in [2.75, 3.05) is 39.8 Å². The van der Waals surface area contributed by atoms with Crippen LogP contribution in [-0.4, -0.2) is 65.7 Å². The number of piperazine rings is 1. The average Bonchev–Trinajstić information content (AvgIpc) is 3.33. The molecule has 0 saturated carbocycles. The van der Waals surface area contributed by atoms with Gasteiger partial charge in [0.05, 0.1) is 5.69 Å². The summed E-state index contributed by atoms with van der Waals surface area (Å²) in [6.45, 7) is 9.70. The lowest BCUT2D eigenvalue weighted by atomic mass is 10.1. The van der Waals surface area contributed by atoms with Gasteiger partial charge in [-0.05, 0) is 31.4 Å². The number of fused-ring (bicyclic) bond motifs is 1. The van der Waals surface area contributed by atoms with Crippen molar-refractivity contribution in [3.05, 3.63) is 53.0 Å². The first kappa shape index (κ1) is 19.5. The van der Waals surface area contributed by atoms with Gasteiger partial charge in [-0.1, -0.05) is 23.4 Å². The minimum atomic E-state index is 0.844. The standard InChI is InChI=1S/C22H30N6O/c1-16-5-4-6-20-18(14-25-21(16)20)7-8-24-22(23-3)28-11-9-27(10-12-28)15-19-13-17(2)29-26-19/h4-6,13-14,25H,7-12,15H2,1-3H3,(H,23,24). The third-order valence-electron chi connectivity index (χ3n) is 5.63. The maximum Gasteiger partial charge on any atom is 0.193 e. The highest BCUT2D eigenvalue weighted by Crippen LogP contribution is 2.21. The van der Waals surface area contributed by atoms with E-state index in [1.54, 1.807) is 0 Å². The Balaban J connectivity index is 1.27. The van der Waals surface area contributed by atoms with E-state index in [2.05, 4.69) is 61.6 Å². The Hall–Kier alpha value is -2.80. The van der Waals surface area contributed by atoms with Crippen molar-refractivity contribution in [1.82, 2.24) is 25.3 Å². The molecule has 7 heteroatoms. The average molecular weight is 395 g/mol. The Labute approximate surface area is 171 Å². The van der Waals surface area contributed by atoms with E-state index in [4.69, 9.17) is 4.52 Å². The van der Waals surface area contributed by atoms with Crippen LogP contribution in [0.15, 0.2) is 40.0 Å². The number of nitrogens with one attached hydrogen (secondary N) is 2. The molecular formula is C22H30N6O. The van der Waals surface area contributed by atoms with E-state index in [0.29, 0.717) is 0 Å². The van der Waals surface area contributed by atoms with Crippen LogP contribution in [-0.2, 0) is 13.0 Å². The molecule has 0 bridgehead atoms. The summed E-state index contributed by atoms with van der Waals surface area (Å²) in [5, 5.41) is 8.96. The molecule has 4 rings (SSSR count). The Morgan fingerprint density at radius 2 is 2.07 bits per heavy atom. The van der Waals surface area contributed by atoms with Gasteiger partial charge in [0.15, 0.2) is 5.96 Å². The van der Waals surface area contributed by atoms with Crippen molar-refractivity contribution < 1.29 is 4.52 Å². The molecule has 1 fully saturated rings. The second-order valence-corrected chi connectivity index (χ2v) is 7.73. The summed E-state index contributed by atoms with van der Waals surface area (Å²) in [6, 6.07) is 8.48. The van der Waals surface area contributed by atoms with Gasteiger partial charge in [0.25, 0.3) is 0 Å². The number of rotatable bonds is 5. The van der Waals surface area contributed by atoms with E-state index in [1.807, 2.05) is 20.0 Å². The van der Waals surface area contributed by atoms with E-state index in [9.17, 15) is 0 Å². The zero-order valence-corrected chi connectivity index (χ0v) is 17.5. The molecule has 0 radical (unpaired) electrons. The van der Waals surface area contributed by atoms with Gasteiger partial charge in [0.1, 0.15) is 5.76 Å². The van der Waals surface area contributed by atoms with Crippen molar-refractivity contribution in [2.24, 2.45) is 4.99 Å². The van der Waals surface area contributed by atoms with Crippen molar-refractivity contribution >= 4 is 16.9 Å². The maximum absolute atomic E-state index is 5.17. The first-order valence-electron chi connectivity index (χ1n) is 10.3. The zero-order valence-electron chi connectivity index (χ0n) is 17.5. The number of H-pyrrole nitrogens is 1. The lowest BCUT2D eigenvalue weighted by Gasteiger charge is -2.36. The van der Waals surface area contributed by atoms with Crippen molar-refractivity contribution in [2.45, 2.75) is 26.8 Å². The molecule has 1 saturated heterocycles.